The lowest BCUT2D eigenvalue weighted by Gasteiger charge is -2.44. The predicted molar refractivity (Wildman–Crippen MR) is 124 cm³/mol. The molecule has 4 rings (SSSR count). The quantitative estimate of drug-likeness (QED) is 0.440. The van der Waals surface area contributed by atoms with Gasteiger partial charge in [-0.15, -0.1) is 0 Å². The van der Waals surface area contributed by atoms with Crippen LogP contribution in [0.1, 0.15) is 21.5 Å². The van der Waals surface area contributed by atoms with Crippen LogP contribution in [-0.2, 0) is 27.4 Å². The van der Waals surface area contributed by atoms with Gasteiger partial charge < -0.3 is 29.5 Å². The van der Waals surface area contributed by atoms with Crippen LogP contribution in [0.4, 0.5) is 0 Å². The second kappa shape index (κ2) is 11.4. The zero-order chi connectivity index (χ0) is 23.9. The van der Waals surface area contributed by atoms with Crippen molar-refractivity contribution < 1.29 is 34.3 Å². The average molecular weight is 465 g/mol. The summed E-state index contributed by atoms with van der Waals surface area (Å²) >= 11 is 0. The number of carbonyl (C=O) groups excluding carboxylic acids is 1. The van der Waals surface area contributed by atoms with Crippen molar-refractivity contribution in [2.45, 2.75) is 49.8 Å². The van der Waals surface area contributed by atoms with Gasteiger partial charge in [0.05, 0.1) is 18.8 Å². The van der Waals surface area contributed by atoms with Crippen molar-refractivity contribution in [3.05, 3.63) is 108 Å². The van der Waals surface area contributed by atoms with E-state index >= 15 is 0 Å². The Morgan fingerprint density at radius 2 is 1.00 bits per heavy atom. The van der Waals surface area contributed by atoms with Crippen LogP contribution in [-0.4, -0.2) is 57.9 Å². The zero-order valence-electron chi connectivity index (χ0n) is 18.5. The van der Waals surface area contributed by atoms with Crippen LogP contribution in [0.15, 0.2) is 91.0 Å². The van der Waals surface area contributed by atoms with Crippen molar-refractivity contribution in [3.63, 3.8) is 0 Å². The van der Waals surface area contributed by atoms with Gasteiger partial charge in [0.15, 0.2) is 6.10 Å². The Morgan fingerprint density at radius 1 is 0.588 bits per heavy atom. The molecule has 2 unspecified atom stereocenters. The molecule has 3 aromatic carbocycles. The van der Waals surface area contributed by atoms with Crippen molar-refractivity contribution in [2.24, 2.45) is 0 Å². The molecule has 0 aliphatic heterocycles. The molecule has 34 heavy (non-hydrogen) atoms. The van der Waals surface area contributed by atoms with E-state index < -0.39 is 42.6 Å². The number of benzene rings is 3. The molecule has 7 heteroatoms. The minimum atomic E-state index is -1.55. The molecule has 3 N–H and O–H groups in total. The largest absolute Gasteiger partial charge is 0.453 e. The van der Waals surface area contributed by atoms with Gasteiger partial charge in [0.25, 0.3) is 0 Å². The summed E-state index contributed by atoms with van der Waals surface area (Å²) in [6, 6.07) is 27.0. The Balaban J connectivity index is 1.59. The highest BCUT2D eigenvalue weighted by Gasteiger charge is 2.53. The van der Waals surface area contributed by atoms with Crippen LogP contribution in [0.25, 0.3) is 0 Å². The Morgan fingerprint density at radius 3 is 1.44 bits per heavy atom. The van der Waals surface area contributed by atoms with Crippen LogP contribution < -0.4 is 0 Å². The van der Waals surface area contributed by atoms with E-state index in [0.29, 0.717) is 5.56 Å². The topological polar surface area (TPSA) is 105 Å². The third-order valence-electron chi connectivity index (χ3n) is 5.84. The third-order valence-corrected chi connectivity index (χ3v) is 5.84. The van der Waals surface area contributed by atoms with E-state index in [1.165, 1.54) is 0 Å². The fourth-order valence-electron chi connectivity index (χ4n) is 3.99. The highest BCUT2D eigenvalue weighted by atomic mass is 16.6. The number of carbonyl (C=O) groups is 1. The minimum absolute atomic E-state index is 0.107. The fourth-order valence-corrected chi connectivity index (χ4v) is 3.99. The second-order valence-electron chi connectivity index (χ2n) is 8.23. The molecule has 3 aromatic rings. The summed E-state index contributed by atoms with van der Waals surface area (Å²) in [5.74, 6) is -0.650. The van der Waals surface area contributed by atoms with Crippen molar-refractivity contribution in [3.8, 4) is 0 Å². The molecule has 1 saturated carbocycles. The lowest BCUT2D eigenvalue weighted by atomic mass is 9.84. The van der Waals surface area contributed by atoms with E-state index in [1.54, 1.807) is 30.3 Å². The Bertz CT molecular complexity index is 971. The van der Waals surface area contributed by atoms with Gasteiger partial charge in [-0.2, -0.15) is 0 Å². The fraction of sp³-hybridized carbons (Fsp3) is 0.296. The molecule has 0 saturated heterocycles. The number of aliphatic hydroxyl groups excluding tert-OH is 3. The number of ether oxygens (including phenoxy) is 3. The summed E-state index contributed by atoms with van der Waals surface area (Å²) in [7, 11) is 0. The molecule has 178 valence electrons. The maximum Gasteiger partial charge on any atom is 0.338 e. The minimum Gasteiger partial charge on any atom is -0.453 e. The molecule has 1 aliphatic rings. The highest BCUT2D eigenvalue weighted by Crippen LogP contribution is 2.30. The first-order valence-corrected chi connectivity index (χ1v) is 11.2. The second-order valence-corrected chi connectivity index (χ2v) is 8.23. The van der Waals surface area contributed by atoms with Crippen molar-refractivity contribution >= 4 is 5.97 Å². The van der Waals surface area contributed by atoms with E-state index in [4.69, 9.17) is 14.2 Å². The molecule has 0 radical (unpaired) electrons. The third kappa shape index (κ3) is 5.70. The molecule has 1 fully saturated rings. The molecule has 1 aliphatic carbocycles. The molecule has 7 nitrogen and oxygen atoms in total. The summed E-state index contributed by atoms with van der Waals surface area (Å²) in [6.07, 6.45) is -7.98. The van der Waals surface area contributed by atoms with Gasteiger partial charge in [-0.05, 0) is 23.3 Å². The maximum atomic E-state index is 12.9. The van der Waals surface area contributed by atoms with Gasteiger partial charge in [0.1, 0.15) is 30.5 Å². The zero-order valence-corrected chi connectivity index (χ0v) is 18.5. The molecule has 0 heterocycles. The predicted octanol–water partition coefficient (Wildman–Crippen LogP) is 2.48. The van der Waals surface area contributed by atoms with Crippen LogP contribution in [0, 0.1) is 0 Å². The van der Waals surface area contributed by atoms with Gasteiger partial charge in [0.2, 0.25) is 0 Å². The summed E-state index contributed by atoms with van der Waals surface area (Å²) in [5.41, 5.74) is 1.98. The SMILES string of the molecule is O=C(OC1[C@H](OCc2ccccc2)[C@H](O)C(O)[C@H](O)[C@H]1OCc1ccccc1)c1ccccc1. The number of aliphatic hydroxyl groups is 3. The normalized spacial score (nSPS) is 26.7. The molecule has 0 aromatic heterocycles. The first-order chi connectivity index (χ1) is 16.5. The van der Waals surface area contributed by atoms with Gasteiger partial charge in [-0.25, -0.2) is 4.79 Å². The molecule has 0 amide bonds. The Labute approximate surface area is 198 Å². The van der Waals surface area contributed by atoms with Crippen LogP contribution in [0.2, 0.25) is 0 Å². The maximum absolute atomic E-state index is 12.9. The van der Waals surface area contributed by atoms with E-state index in [9.17, 15) is 20.1 Å². The van der Waals surface area contributed by atoms with Crippen molar-refractivity contribution in [1.29, 1.82) is 0 Å². The summed E-state index contributed by atoms with van der Waals surface area (Å²) < 4.78 is 17.7. The Hall–Kier alpha value is -3.07. The van der Waals surface area contributed by atoms with Gasteiger partial charge >= 0.3 is 5.97 Å². The molecule has 0 bridgehead atoms. The van der Waals surface area contributed by atoms with E-state index in [2.05, 4.69) is 0 Å². The van der Waals surface area contributed by atoms with Crippen molar-refractivity contribution in [1.82, 2.24) is 0 Å². The smallest absolute Gasteiger partial charge is 0.338 e. The Kier molecular flexibility index (Phi) is 8.05. The van der Waals surface area contributed by atoms with Crippen LogP contribution in [0.3, 0.4) is 0 Å². The summed E-state index contributed by atoms with van der Waals surface area (Å²) in [5, 5.41) is 32.1. The highest BCUT2D eigenvalue weighted by molar-refractivity contribution is 5.89. The molecule has 6 atom stereocenters. The average Bonchev–Trinajstić information content (AvgIpc) is 2.89. The molecule has 0 spiro atoms. The van der Waals surface area contributed by atoms with Gasteiger partial charge in [-0.1, -0.05) is 78.9 Å². The summed E-state index contributed by atoms with van der Waals surface area (Å²) in [4.78, 5) is 12.9. The van der Waals surface area contributed by atoms with Crippen LogP contribution in [0.5, 0.6) is 0 Å². The number of hydrogen-bond acceptors (Lipinski definition) is 7. The lowest BCUT2D eigenvalue weighted by Crippen LogP contribution is -2.66. The van der Waals surface area contributed by atoms with Gasteiger partial charge in [-0.3, -0.25) is 0 Å². The first kappa shape index (κ1) is 24.1. The number of hydrogen-bond donors (Lipinski definition) is 3. The van der Waals surface area contributed by atoms with E-state index in [1.807, 2.05) is 60.7 Å². The molecular formula is C27H28O7. The summed E-state index contributed by atoms with van der Waals surface area (Å²) in [6.45, 7) is 0.215. The molecular weight excluding hydrogens is 436 g/mol. The first-order valence-electron chi connectivity index (χ1n) is 11.2. The van der Waals surface area contributed by atoms with Crippen molar-refractivity contribution in [2.75, 3.05) is 0 Å². The van der Waals surface area contributed by atoms with E-state index in [0.717, 1.165) is 11.1 Å². The standard InChI is InChI=1S/C27H28O7/c28-21-22(29)24(32-16-18-10-4-1-5-11-18)26(34-27(31)20-14-8-3-9-15-20)25(23(21)30)33-17-19-12-6-2-7-13-19/h1-15,21-26,28-30H,16-17H2/t21?,22-,23+,24-,25-,26?/m1/s1. The van der Waals surface area contributed by atoms with Crippen LogP contribution >= 0.6 is 0 Å². The number of esters is 1. The number of rotatable bonds is 8. The van der Waals surface area contributed by atoms with Gasteiger partial charge in [0, 0.05) is 0 Å². The monoisotopic (exact) mass is 464 g/mol. The van der Waals surface area contributed by atoms with E-state index in [-0.39, 0.29) is 13.2 Å². The lowest BCUT2D eigenvalue weighted by molar-refractivity contribution is -0.250.